The van der Waals surface area contributed by atoms with Crippen molar-refractivity contribution in [3.63, 3.8) is 0 Å². The van der Waals surface area contributed by atoms with Crippen molar-refractivity contribution in [2.24, 2.45) is 10.7 Å². The van der Waals surface area contributed by atoms with Crippen molar-refractivity contribution in [3.8, 4) is 0 Å². The summed E-state index contributed by atoms with van der Waals surface area (Å²) in [6, 6.07) is 0. The number of nitrogens with zero attached hydrogens (tertiary/aromatic N) is 2. The van der Waals surface area contributed by atoms with Gasteiger partial charge in [0.2, 0.25) is 0 Å². The molecule has 0 bridgehead atoms. The molecule has 0 aromatic rings. The first-order valence-electron chi connectivity index (χ1n) is 4.72. The Kier molecular flexibility index (Phi) is 7.46. The smallest absolute Gasteiger partial charge is 0.0951 e. The van der Waals surface area contributed by atoms with Crippen molar-refractivity contribution >= 4 is 6.34 Å². The Labute approximate surface area is 86.3 Å². The lowest BCUT2D eigenvalue weighted by Crippen LogP contribution is -2.14. The van der Waals surface area contributed by atoms with Crippen LogP contribution in [-0.4, -0.2) is 24.3 Å². The largest absolute Gasteiger partial charge is 0.340 e. The highest BCUT2D eigenvalue weighted by Crippen LogP contribution is 1.94. The van der Waals surface area contributed by atoms with Gasteiger partial charge in [0.05, 0.1) is 12.0 Å². The van der Waals surface area contributed by atoms with E-state index in [2.05, 4.69) is 11.6 Å². The van der Waals surface area contributed by atoms with Crippen molar-refractivity contribution in [1.29, 1.82) is 0 Å². The third kappa shape index (κ3) is 6.20. The summed E-state index contributed by atoms with van der Waals surface area (Å²) in [6.45, 7) is 9.16. The number of rotatable bonds is 6. The van der Waals surface area contributed by atoms with Gasteiger partial charge in [-0.3, -0.25) is 0 Å². The van der Waals surface area contributed by atoms with E-state index in [0.29, 0.717) is 6.54 Å². The van der Waals surface area contributed by atoms with Crippen LogP contribution in [0.3, 0.4) is 0 Å². The second-order valence-electron chi connectivity index (χ2n) is 2.69. The third-order valence-corrected chi connectivity index (χ3v) is 1.53. The van der Waals surface area contributed by atoms with Crippen LogP contribution in [0.2, 0.25) is 0 Å². The summed E-state index contributed by atoms with van der Waals surface area (Å²) in [5.41, 5.74) is 6.09. The fourth-order valence-corrected chi connectivity index (χ4v) is 0.806. The first-order chi connectivity index (χ1) is 6.74. The molecule has 14 heavy (non-hydrogen) atoms. The molecule has 0 aliphatic heterocycles. The third-order valence-electron chi connectivity index (χ3n) is 1.53. The second-order valence-corrected chi connectivity index (χ2v) is 2.69. The zero-order valence-electron chi connectivity index (χ0n) is 8.98. The molecule has 0 fully saturated rings. The van der Waals surface area contributed by atoms with Crippen molar-refractivity contribution in [2.45, 2.75) is 13.8 Å². The minimum atomic E-state index is 0.542. The Balaban J connectivity index is 4.16. The van der Waals surface area contributed by atoms with Crippen molar-refractivity contribution in [3.05, 3.63) is 36.7 Å². The molecule has 0 aliphatic rings. The van der Waals surface area contributed by atoms with E-state index in [4.69, 9.17) is 5.73 Å². The van der Waals surface area contributed by atoms with Gasteiger partial charge in [-0.05, 0) is 19.9 Å². The van der Waals surface area contributed by atoms with Gasteiger partial charge in [-0.15, -0.1) is 0 Å². The molecule has 0 spiro atoms. The second kappa shape index (κ2) is 8.26. The van der Waals surface area contributed by atoms with E-state index in [1.165, 1.54) is 0 Å². The Hall–Kier alpha value is -1.35. The van der Waals surface area contributed by atoms with Gasteiger partial charge >= 0.3 is 0 Å². The molecule has 0 atom stereocenters. The molecule has 0 aliphatic carbocycles. The highest BCUT2D eigenvalue weighted by atomic mass is 15.1. The molecule has 3 heteroatoms. The predicted molar refractivity (Wildman–Crippen MR) is 63.0 cm³/mol. The van der Waals surface area contributed by atoms with Crippen LogP contribution in [-0.2, 0) is 0 Å². The van der Waals surface area contributed by atoms with Crippen molar-refractivity contribution < 1.29 is 0 Å². The molecular weight excluding hydrogens is 174 g/mol. The predicted octanol–water partition coefficient (Wildman–Crippen LogP) is 1.90. The molecule has 0 amide bonds. The molecule has 2 N–H and O–H groups in total. The summed E-state index contributed by atoms with van der Waals surface area (Å²) in [5, 5.41) is 0. The van der Waals surface area contributed by atoms with Gasteiger partial charge in [-0.2, -0.15) is 0 Å². The van der Waals surface area contributed by atoms with Gasteiger partial charge in [-0.25, -0.2) is 4.99 Å². The van der Waals surface area contributed by atoms with Crippen LogP contribution < -0.4 is 5.73 Å². The van der Waals surface area contributed by atoms with Crippen LogP contribution >= 0.6 is 0 Å². The minimum absolute atomic E-state index is 0.542. The van der Waals surface area contributed by atoms with Crippen LogP contribution in [0.1, 0.15) is 13.8 Å². The van der Waals surface area contributed by atoms with E-state index >= 15 is 0 Å². The molecule has 0 radical (unpaired) electrons. The molecule has 0 heterocycles. The summed E-state index contributed by atoms with van der Waals surface area (Å²) < 4.78 is 0. The van der Waals surface area contributed by atoms with Crippen LogP contribution in [0.5, 0.6) is 0 Å². The molecule has 0 saturated heterocycles. The van der Waals surface area contributed by atoms with E-state index in [9.17, 15) is 0 Å². The lowest BCUT2D eigenvalue weighted by atomic mass is 10.4. The highest BCUT2D eigenvalue weighted by Gasteiger charge is 1.88. The first kappa shape index (κ1) is 12.7. The zero-order valence-corrected chi connectivity index (χ0v) is 8.98. The van der Waals surface area contributed by atoms with Gasteiger partial charge in [-0.1, -0.05) is 18.7 Å². The van der Waals surface area contributed by atoms with Gasteiger partial charge in [0.15, 0.2) is 0 Å². The maximum atomic E-state index is 5.35. The topological polar surface area (TPSA) is 41.6 Å². The fourth-order valence-electron chi connectivity index (χ4n) is 0.806. The molecule has 0 saturated carbocycles. The van der Waals surface area contributed by atoms with Gasteiger partial charge in [0.1, 0.15) is 0 Å². The molecule has 0 aromatic carbocycles. The maximum absolute atomic E-state index is 5.35. The number of allylic oxidation sites excluding steroid dienone is 2. The van der Waals surface area contributed by atoms with E-state index in [0.717, 1.165) is 12.2 Å². The molecule has 0 aromatic heterocycles. The number of nitrogens with two attached hydrogens (primary N) is 1. The number of hydrogen-bond acceptors (Lipinski definition) is 2. The summed E-state index contributed by atoms with van der Waals surface area (Å²) in [5.74, 6) is 0. The number of aliphatic imine (C=N–C) groups is 1. The Morgan fingerprint density at radius 1 is 1.57 bits per heavy atom. The maximum Gasteiger partial charge on any atom is 0.0951 e. The van der Waals surface area contributed by atoms with Crippen LogP contribution in [0, 0.1) is 0 Å². The summed E-state index contributed by atoms with van der Waals surface area (Å²) in [6.07, 6.45) is 9.30. The van der Waals surface area contributed by atoms with Crippen molar-refractivity contribution in [2.75, 3.05) is 13.1 Å². The Morgan fingerprint density at radius 2 is 2.29 bits per heavy atom. The standard InChI is InChI=1S/C11H19N3/c1-4-7-11(3)13-10-14(5-2)9-6-8-12/h4,6-7,9-10H,3,5,8,12H2,1-2H3/b7-4+,9-6+,13-10?. The van der Waals surface area contributed by atoms with E-state index in [-0.39, 0.29) is 0 Å². The van der Waals surface area contributed by atoms with Crippen LogP contribution in [0.4, 0.5) is 0 Å². The fraction of sp³-hybridized carbons (Fsp3) is 0.364. The van der Waals surface area contributed by atoms with E-state index in [1.807, 2.05) is 43.2 Å². The Bertz CT molecular complexity index is 239. The Morgan fingerprint density at radius 3 is 2.79 bits per heavy atom. The molecule has 0 rings (SSSR count). The average molecular weight is 193 g/mol. The molecule has 78 valence electrons. The highest BCUT2D eigenvalue weighted by molar-refractivity contribution is 5.58. The van der Waals surface area contributed by atoms with E-state index in [1.54, 1.807) is 6.34 Å². The molecular formula is C11H19N3. The summed E-state index contributed by atoms with van der Waals surface area (Å²) in [4.78, 5) is 6.11. The van der Waals surface area contributed by atoms with Gasteiger partial charge < -0.3 is 10.6 Å². The molecule has 0 unspecified atom stereocenters. The van der Waals surface area contributed by atoms with Crippen LogP contribution in [0.25, 0.3) is 0 Å². The summed E-state index contributed by atoms with van der Waals surface area (Å²) >= 11 is 0. The summed E-state index contributed by atoms with van der Waals surface area (Å²) in [7, 11) is 0. The van der Waals surface area contributed by atoms with Gasteiger partial charge in [0.25, 0.3) is 0 Å². The van der Waals surface area contributed by atoms with E-state index < -0.39 is 0 Å². The van der Waals surface area contributed by atoms with Crippen LogP contribution in [0.15, 0.2) is 41.7 Å². The quantitative estimate of drug-likeness (QED) is 0.397. The van der Waals surface area contributed by atoms with Crippen molar-refractivity contribution in [1.82, 2.24) is 4.90 Å². The monoisotopic (exact) mass is 193 g/mol. The lowest BCUT2D eigenvalue weighted by Gasteiger charge is -2.10. The SMILES string of the molecule is C=C(/C=C/C)N=CN(/C=C/CN)CC. The average Bonchev–Trinajstić information content (AvgIpc) is 2.19. The zero-order chi connectivity index (χ0) is 10.8. The number of hydrogen-bond donors (Lipinski definition) is 1. The molecule has 3 nitrogen and oxygen atoms in total. The lowest BCUT2D eigenvalue weighted by molar-refractivity contribution is 0.605. The minimum Gasteiger partial charge on any atom is -0.340 e. The van der Waals surface area contributed by atoms with Gasteiger partial charge in [0, 0.05) is 19.3 Å². The normalized spacial score (nSPS) is 11.9. The first-order valence-corrected chi connectivity index (χ1v) is 4.72.